The molecule has 2 aliphatic rings. The van der Waals surface area contributed by atoms with Gasteiger partial charge in [-0.3, -0.25) is 9.48 Å². The molecule has 1 aliphatic carbocycles. The van der Waals surface area contributed by atoms with Gasteiger partial charge in [-0.05, 0) is 55.0 Å². The molecule has 3 atom stereocenters. The van der Waals surface area contributed by atoms with Crippen molar-refractivity contribution in [2.24, 2.45) is 5.92 Å². The number of hydrogen-bond donors (Lipinski definition) is 3. The monoisotopic (exact) mass is 377 g/mol. The van der Waals surface area contributed by atoms with Gasteiger partial charge in [0.2, 0.25) is 0 Å². The fourth-order valence-corrected chi connectivity index (χ4v) is 4.87. The average Bonchev–Trinajstić information content (AvgIpc) is 3.24. The lowest BCUT2D eigenvalue weighted by atomic mass is 9.86. The van der Waals surface area contributed by atoms with E-state index in [1.807, 2.05) is 6.07 Å². The topological polar surface area (TPSA) is 74.7 Å². The number of aromatic nitrogens is 3. The molecule has 0 amide bonds. The highest BCUT2D eigenvalue weighted by atomic mass is 16.1. The van der Waals surface area contributed by atoms with Gasteiger partial charge in [-0.2, -0.15) is 5.10 Å². The van der Waals surface area contributed by atoms with Crippen molar-refractivity contribution < 1.29 is 0 Å². The second-order valence-corrected chi connectivity index (χ2v) is 8.33. The molecule has 1 aliphatic heterocycles. The minimum Gasteiger partial charge on any atom is -0.338 e. The van der Waals surface area contributed by atoms with Crippen molar-refractivity contribution in [3.63, 3.8) is 0 Å². The summed E-state index contributed by atoms with van der Waals surface area (Å²) in [6.45, 7) is 5.35. The zero-order chi connectivity index (χ0) is 19.3. The second-order valence-electron chi connectivity index (χ2n) is 8.33. The van der Waals surface area contributed by atoms with Crippen molar-refractivity contribution in [1.29, 1.82) is 0 Å². The van der Waals surface area contributed by atoms with Crippen molar-refractivity contribution in [2.75, 3.05) is 5.32 Å². The molecule has 0 saturated heterocycles. The normalized spacial score (nSPS) is 24.4. The number of nitrogens with zero attached hydrogens (tertiary/aromatic N) is 2. The third-order valence-electron chi connectivity index (χ3n) is 6.48. The van der Waals surface area contributed by atoms with Crippen LogP contribution < -0.4 is 16.2 Å². The van der Waals surface area contributed by atoms with E-state index in [0.29, 0.717) is 29.2 Å². The number of nitrogens with one attached hydrogen (secondary N) is 3. The van der Waals surface area contributed by atoms with Crippen molar-refractivity contribution >= 4 is 22.4 Å². The Bertz CT molecular complexity index is 1080. The molecule has 1 aromatic carbocycles. The quantitative estimate of drug-likeness (QED) is 0.633. The lowest BCUT2D eigenvalue weighted by molar-refractivity contribution is 0.246. The minimum atomic E-state index is -0.0915. The molecular formula is C22H27N5O. The number of H-pyrrole nitrogens is 1. The van der Waals surface area contributed by atoms with Gasteiger partial charge in [0.15, 0.2) is 5.82 Å². The van der Waals surface area contributed by atoms with Crippen LogP contribution in [0.25, 0.3) is 10.9 Å². The van der Waals surface area contributed by atoms with E-state index in [4.69, 9.17) is 5.10 Å². The summed E-state index contributed by atoms with van der Waals surface area (Å²) in [5.41, 5.74) is 4.44. The Labute approximate surface area is 164 Å². The number of fused-ring (bicyclic) bond motifs is 2. The largest absolute Gasteiger partial charge is 0.338 e. The van der Waals surface area contributed by atoms with Crippen molar-refractivity contribution in [1.82, 2.24) is 20.1 Å². The summed E-state index contributed by atoms with van der Waals surface area (Å²) in [6.07, 6.45) is 6.56. The summed E-state index contributed by atoms with van der Waals surface area (Å²) in [6, 6.07) is 9.11. The maximum absolute atomic E-state index is 12.6. The van der Waals surface area contributed by atoms with E-state index in [1.54, 1.807) is 6.20 Å². The predicted octanol–water partition coefficient (Wildman–Crippen LogP) is 4.38. The lowest BCUT2D eigenvalue weighted by Gasteiger charge is -2.29. The molecule has 0 spiro atoms. The van der Waals surface area contributed by atoms with E-state index in [2.05, 4.69) is 52.3 Å². The van der Waals surface area contributed by atoms with E-state index in [1.165, 1.54) is 30.4 Å². The number of anilines is 2. The van der Waals surface area contributed by atoms with E-state index in [9.17, 15) is 4.79 Å². The molecule has 1 saturated carbocycles. The number of hydrogen-bond acceptors (Lipinski definition) is 4. The number of rotatable bonds is 3. The molecule has 3 N–H and O–H groups in total. The van der Waals surface area contributed by atoms with Gasteiger partial charge in [-0.1, -0.05) is 25.8 Å². The van der Waals surface area contributed by atoms with Crippen molar-refractivity contribution in [2.45, 2.75) is 58.2 Å². The van der Waals surface area contributed by atoms with Crippen LogP contribution in [-0.4, -0.2) is 14.8 Å². The first-order chi connectivity index (χ1) is 13.6. The summed E-state index contributed by atoms with van der Waals surface area (Å²) < 4.78 is 2.09. The van der Waals surface area contributed by atoms with E-state index in [0.717, 1.165) is 24.2 Å². The molecule has 0 radical (unpaired) electrons. The smallest absolute Gasteiger partial charge is 0.261 e. The van der Waals surface area contributed by atoms with Crippen LogP contribution in [0.1, 0.15) is 62.7 Å². The van der Waals surface area contributed by atoms with Crippen LogP contribution in [0.3, 0.4) is 0 Å². The van der Waals surface area contributed by atoms with Crippen LogP contribution in [0.5, 0.6) is 0 Å². The lowest BCUT2D eigenvalue weighted by Crippen LogP contribution is -2.22. The van der Waals surface area contributed by atoms with Crippen LogP contribution in [0.15, 0.2) is 35.3 Å². The van der Waals surface area contributed by atoms with Crippen molar-refractivity contribution in [3.8, 4) is 0 Å². The molecule has 6 nitrogen and oxygen atoms in total. The standard InChI is InChI=1S/C22H27N5O/c1-13-5-3-4-6-18(13)27-19-9-10-23-22(28)20(19)21(26-27)25-16-7-8-17-14(2)24-12-15(17)11-16/h7-11,13-14,18,24H,3-6,12H2,1-2H3,(H,23,28)(H,25,26)/t13-,14?,18-/m0/s1. The van der Waals surface area contributed by atoms with Gasteiger partial charge in [0, 0.05) is 24.5 Å². The Morgan fingerprint density at radius 3 is 2.89 bits per heavy atom. The van der Waals surface area contributed by atoms with Crippen LogP contribution in [-0.2, 0) is 6.54 Å². The zero-order valence-electron chi connectivity index (χ0n) is 16.5. The molecular weight excluding hydrogens is 350 g/mol. The SMILES string of the molecule is CC1NCc2cc(Nc3nn([C@H]4CCCC[C@@H]4C)c4cc[nH]c(=O)c34)ccc21. The molecule has 1 unspecified atom stereocenters. The van der Waals surface area contributed by atoms with Gasteiger partial charge in [0.05, 0.1) is 11.6 Å². The van der Waals surface area contributed by atoms with Gasteiger partial charge in [0.25, 0.3) is 5.56 Å². The minimum absolute atomic E-state index is 0.0915. The molecule has 5 rings (SSSR count). The molecule has 2 aromatic heterocycles. The molecule has 6 heteroatoms. The third kappa shape index (κ3) is 2.83. The van der Waals surface area contributed by atoms with Crippen LogP contribution in [0.2, 0.25) is 0 Å². The van der Waals surface area contributed by atoms with E-state index in [-0.39, 0.29) is 5.56 Å². The summed E-state index contributed by atoms with van der Waals surface area (Å²) >= 11 is 0. The highest BCUT2D eigenvalue weighted by molar-refractivity contribution is 5.91. The number of benzene rings is 1. The molecule has 3 aromatic rings. The van der Waals surface area contributed by atoms with Gasteiger partial charge < -0.3 is 15.6 Å². The predicted molar refractivity (Wildman–Crippen MR) is 112 cm³/mol. The van der Waals surface area contributed by atoms with Crippen LogP contribution >= 0.6 is 0 Å². The van der Waals surface area contributed by atoms with Crippen LogP contribution in [0.4, 0.5) is 11.5 Å². The van der Waals surface area contributed by atoms with Gasteiger partial charge in [-0.25, -0.2) is 0 Å². The second kappa shape index (κ2) is 6.78. The first-order valence-corrected chi connectivity index (χ1v) is 10.3. The molecule has 1 fully saturated rings. The van der Waals surface area contributed by atoms with Crippen LogP contribution in [0, 0.1) is 5.92 Å². The summed E-state index contributed by atoms with van der Waals surface area (Å²) in [5, 5.41) is 12.4. The Morgan fingerprint density at radius 1 is 1.18 bits per heavy atom. The highest BCUT2D eigenvalue weighted by Gasteiger charge is 2.27. The van der Waals surface area contributed by atoms with Gasteiger partial charge in [-0.15, -0.1) is 0 Å². The van der Waals surface area contributed by atoms with E-state index < -0.39 is 0 Å². The molecule has 0 bridgehead atoms. The number of aromatic amines is 1. The first-order valence-electron chi connectivity index (χ1n) is 10.3. The Hall–Kier alpha value is -2.60. The van der Waals surface area contributed by atoms with Gasteiger partial charge in [0.1, 0.15) is 5.39 Å². The van der Waals surface area contributed by atoms with E-state index >= 15 is 0 Å². The fraction of sp³-hybridized carbons (Fsp3) is 0.455. The third-order valence-corrected chi connectivity index (χ3v) is 6.48. The van der Waals surface area contributed by atoms with Gasteiger partial charge >= 0.3 is 0 Å². The maximum atomic E-state index is 12.6. The number of pyridine rings is 1. The van der Waals surface area contributed by atoms with Crippen molar-refractivity contribution in [3.05, 3.63) is 51.9 Å². The fourth-order valence-electron chi connectivity index (χ4n) is 4.87. The average molecular weight is 377 g/mol. The highest BCUT2D eigenvalue weighted by Crippen LogP contribution is 2.37. The zero-order valence-corrected chi connectivity index (χ0v) is 16.5. The molecule has 28 heavy (non-hydrogen) atoms. The molecule has 3 heterocycles. The Morgan fingerprint density at radius 2 is 2.04 bits per heavy atom. The maximum Gasteiger partial charge on any atom is 0.261 e. The Kier molecular flexibility index (Phi) is 4.23. The molecule has 146 valence electrons. The summed E-state index contributed by atoms with van der Waals surface area (Å²) in [4.78, 5) is 15.5. The summed E-state index contributed by atoms with van der Waals surface area (Å²) in [7, 11) is 0. The Balaban J connectivity index is 1.57. The summed E-state index contributed by atoms with van der Waals surface area (Å²) in [5.74, 6) is 1.21. The first kappa shape index (κ1) is 17.5.